The van der Waals surface area contributed by atoms with Crippen molar-refractivity contribution in [1.29, 1.82) is 0 Å². The quantitative estimate of drug-likeness (QED) is 0.307. The third-order valence-corrected chi connectivity index (χ3v) is 7.47. The van der Waals surface area contributed by atoms with Crippen molar-refractivity contribution < 1.29 is 4.39 Å². The maximum absolute atomic E-state index is 15.4. The fraction of sp³-hybridized carbons (Fsp3) is 0.393. The zero-order valence-corrected chi connectivity index (χ0v) is 20.7. The van der Waals surface area contributed by atoms with Crippen LogP contribution in [0, 0.1) is 5.82 Å². The number of nitrogens with two attached hydrogens (primary N) is 1. The average Bonchev–Trinajstić information content (AvgIpc) is 3.56. The van der Waals surface area contributed by atoms with E-state index in [1.807, 2.05) is 12.1 Å². The minimum Gasteiger partial charge on any atom is -0.384 e. The molecular weight excluding hydrogens is 453 g/mol. The summed E-state index contributed by atoms with van der Waals surface area (Å²) in [5.41, 5.74) is 9.25. The minimum atomic E-state index is -0.271. The molecule has 1 aromatic carbocycles. The van der Waals surface area contributed by atoms with E-state index < -0.39 is 0 Å². The average molecular weight is 486 g/mol. The van der Waals surface area contributed by atoms with Crippen molar-refractivity contribution in [3.63, 3.8) is 0 Å². The topological polar surface area (TPSA) is 93.7 Å². The smallest absolute Gasteiger partial charge is 0.229 e. The van der Waals surface area contributed by atoms with Gasteiger partial charge in [-0.1, -0.05) is 25.1 Å². The van der Waals surface area contributed by atoms with E-state index in [9.17, 15) is 0 Å². The largest absolute Gasteiger partial charge is 0.384 e. The van der Waals surface area contributed by atoms with Gasteiger partial charge in [-0.05, 0) is 74.8 Å². The summed E-state index contributed by atoms with van der Waals surface area (Å²) in [5, 5.41) is 7.36. The van der Waals surface area contributed by atoms with Gasteiger partial charge in [0.25, 0.3) is 0 Å². The van der Waals surface area contributed by atoms with Gasteiger partial charge in [-0.25, -0.2) is 14.4 Å². The first kappa shape index (κ1) is 22.9. The third-order valence-electron chi connectivity index (χ3n) is 7.47. The summed E-state index contributed by atoms with van der Waals surface area (Å²) in [5.74, 6) is 1.74. The highest BCUT2D eigenvalue weighted by atomic mass is 19.1. The molecule has 6 rings (SSSR count). The Morgan fingerprint density at radius 1 is 1.11 bits per heavy atom. The lowest BCUT2D eigenvalue weighted by Gasteiger charge is -2.18. The Hall–Kier alpha value is -3.52. The van der Waals surface area contributed by atoms with E-state index in [1.54, 1.807) is 16.8 Å². The normalized spacial score (nSPS) is 20.6. The molecule has 36 heavy (non-hydrogen) atoms. The predicted octanol–water partition coefficient (Wildman–Crippen LogP) is 5.79. The summed E-state index contributed by atoms with van der Waals surface area (Å²) in [4.78, 5) is 13.6. The summed E-state index contributed by atoms with van der Waals surface area (Å²) in [6.45, 7) is 4.54. The fourth-order valence-corrected chi connectivity index (χ4v) is 5.42. The summed E-state index contributed by atoms with van der Waals surface area (Å²) in [7, 11) is 0. The molecule has 4 heterocycles. The van der Waals surface area contributed by atoms with Gasteiger partial charge < -0.3 is 16.4 Å². The first-order valence-electron chi connectivity index (χ1n) is 12.9. The van der Waals surface area contributed by atoms with Crippen LogP contribution in [0.2, 0.25) is 0 Å². The highest BCUT2D eigenvalue weighted by Gasteiger charge is 2.34. The molecule has 186 valence electrons. The molecule has 3 unspecified atom stereocenters. The van der Waals surface area contributed by atoms with Gasteiger partial charge in [0.15, 0.2) is 11.5 Å². The number of fused-ring (bicyclic) bond motifs is 1. The van der Waals surface area contributed by atoms with Gasteiger partial charge in [0, 0.05) is 29.9 Å². The SMILES string of the molecule is CC1CCC(CC(C)c2ccc(Nc3ncc4c(F)c(C5CC5)n(-c5cccc(N)n5)c4n3)cc2)N1. The van der Waals surface area contributed by atoms with Gasteiger partial charge in [0.05, 0.1) is 11.1 Å². The molecule has 0 bridgehead atoms. The first-order valence-corrected chi connectivity index (χ1v) is 12.9. The summed E-state index contributed by atoms with van der Waals surface area (Å²) in [6, 6.07) is 15.0. The monoisotopic (exact) mass is 485 g/mol. The third kappa shape index (κ3) is 4.41. The maximum Gasteiger partial charge on any atom is 0.229 e. The van der Waals surface area contributed by atoms with Gasteiger partial charge in [0.1, 0.15) is 11.6 Å². The van der Waals surface area contributed by atoms with E-state index in [1.165, 1.54) is 18.4 Å². The first-order chi connectivity index (χ1) is 17.5. The molecular formula is C28H32FN7. The Balaban J connectivity index is 1.27. The standard InChI is InChI=1S/C28H32FN7/c1-16(14-21-11-6-17(2)32-21)18-9-12-20(13-10-18)33-28-31-15-22-25(29)26(19-7-8-19)36(27(22)35-28)24-5-3-4-23(30)34-24/h3-5,9-10,12-13,15-17,19,21,32H,6-8,11,14H2,1-2H3,(H2,30,34)(H,31,33,35). The molecule has 1 aliphatic heterocycles. The molecule has 4 aromatic rings. The number of aromatic nitrogens is 4. The highest BCUT2D eigenvalue weighted by Crippen LogP contribution is 2.45. The number of benzene rings is 1. The number of hydrogen-bond acceptors (Lipinski definition) is 6. The molecule has 7 nitrogen and oxygen atoms in total. The lowest BCUT2D eigenvalue weighted by atomic mass is 9.93. The van der Waals surface area contributed by atoms with Crippen LogP contribution in [-0.4, -0.2) is 31.6 Å². The molecule has 2 aliphatic rings. The highest BCUT2D eigenvalue weighted by molar-refractivity contribution is 5.81. The van der Waals surface area contributed by atoms with Gasteiger partial charge >= 0.3 is 0 Å². The Morgan fingerprint density at radius 2 is 1.92 bits per heavy atom. The van der Waals surface area contributed by atoms with E-state index in [2.05, 4.69) is 58.7 Å². The Bertz CT molecular complexity index is 1390. The van der Waals surface area contributed by atoms with E-state index in [0.29, 0.717) is 52.3 Å². The van der Waals surface area contributed by atoms with Crippen molar-refractivity contribution in [3.8, 4) is 5.82 Å². The number of nitrogen functional groups attached to an aromatic ring is 1. The molecule has 8 heteroatoms. The molecule has 4 N–H and O–H groups in total. The van der Waals surface area contributed by atoms with E-state index in [4.69, 9.17) is 10.7 Å². The van der Waals surface area contributed by atoms with Crippen molar-refractivity contribution in [2.45, 2.75) is 69.9 Å². The number of nitrogens with zero attached hydrogens (tertiary/aromatic N) is 4. The van der Waals surface area contributed by atoms with Gasteiger partial charge in [-0.2, -0.15) is 4.98 Å². The van der Waals surface area contributed by atoms with E-state index in [-0.39, 0.29) is 11.7 Å². The van der Waals surface area contributed by atoms with Gasteiger partial charge in [0.2, 0.25) is 5.95 Å². The van der Waals surface area contributed by atoms with Crippen LogP contribution in [0.25, 0.3) is 16.9 Å². The maximum atomic E-state index is 15.4. The Kier molecular flexibility index (Phi) is 5.84. The van der Waals surface area contributed by atoms with Gasteiger partial charge in [-0.3, -0.25) is 4.57 Å². The number of halogens is 1. The molecule has 1 saturated carbocycles. The number of nitrogens with one attached hydrogen (secondary N) is 2. The van der Waals surface area contributed by atoms with Crippen LogP contribution in [0.5, 0.6) is 0 Å². The fourth-order valence-electron chi connectivity index (χ4n) is 5.42. The molecule has 0 amide bonds. The summed E-state index contributed by atoms with van der Waals surface area (Å²) >= 11 is 0. The van der Waals surface area contributed by atoms with Crippen molar-refractivity contribution in [3.05, 3.63) is 65.7 Å². The molecule has 2 fully saturated rings. The second kappa shape index (κ2) is 9.17. The summed E-state index contributed by atoms with van der Waals surface area (Å²) in [6.07, 6.45) is 7.11. The van der Waals surface area contributed by atoms with E-state index in [0.717, 1.165) is 24.9 Å². The minimum absolute atomic E-state index is 0.163. The number of hydrogen-bond donors (Lipinski definition) is 3. The van der Waals surface area contributed by atoms with Crippen LogP contribution in [-0.2, 0) is 0 Å². The lowest BCUT2D eigenvalue weighted by molar-refractivity contribution is 0.489. The zero-order valence-electron chi connectivity index (χ0n) is 20.7. The summed E-state index contributed by atoms with van der Waals surface area (Å²) < 4.78 is 17.2. The van der Waals surface area contributed by atoms with Crippen LogP contribution >= 0.6 is 0 Å². The molecule has 1 saturated heterocycles. The lowest BCUT2D eigenvalue weighted by Crippen LogP contribution is -2.28. The van der Waals surface area contributed by atoms with Gasteiger partial charge in [-0.15, -0.1) is 0 Å². The van der Waals surface area contributed by atoms with Crippen molar-refractivity contribution >= 4 is 28.5 Å². The van der Waals surface area contributed by atoms with E-state index >= 15 is 4.39 Å². The Morgan fingerprint density at radius 3 is 2.61 bits per heavy atom. The number of rotatable bonds is 7. The van der Waals surface area contributed by atoms with Crippen LogP contribution < -0.4 is 16.4 Å². The van der Waals surface area contributed by atoms with Crippen LogP contribution in [0.3, 0.4) is 0 Å². The van der Waals surface area contributed by atoms with Crippen LogP contribution in [0.1, 0.15) is 69.0 Å². The van der Waals surface area contributed by atoms with Crippen molar-refractivity contribution in [2.75, 3.05) is 11.1 Å². The molecule has 3 atom stereocenters. The Labute approximate surface area is 210 Å². The molecule has 0 radical (unpaired) electrons. The van der Waals surface area contributed by atoms with Crippen LogP contribution in [0.15, 0.2) is 48.7 Å². The second-order valence-corrected chi connectivity index (χ2v) is 10.4. The van der Waals surface area contributed by atoms with Crippen LogP contribution in [0.4, 0.5) is 21.8 Å². The second-order valence-electron chi connectivity index (χ2n) is 10.4. The van der Waals surface area contributed by atoms with Crippen molar-refractivity contribution in [1.82, 2.24) is 24.8 Å². The number of anilines is 3. The zero-order chi connectivity index (χ0) is 24.8. The molecule has 0 spiro atoms. The number of pyridine rings is 1. The molecule has 1 aliphatic carbocycles. The van der Waals surface area contributed by atoms with Crippen molar-refractivity contribution in [2.24, 2.45) is 0 Å². The molecule has 3 aromatic heterocycles. The predicted molar refractivity (Wildman–Crippen MR) is 141 cm³/mol.